The van der Waals surface area contributed by atoms with Gasteiger partial charge in [-0.25, -0.2) is 4.79 Å². The summed E-state index contributed by atoms with van der Waals surface area (Å²) >= 11 is 1.45. The van der Waals surface area contributed by atoms with Gasteiger partial charge in [-0.3, -0.25) is 0 Å². The van der Waals surface area contributed by atoms with Crippen LogP contribution in [0.2, 0.25) is 0 Å². The van der Waals surface area contributed by atoms with Gasteiger partial charge in [0.05, 0.1) is 0 Å². The molecule has 0 saturated heterocycles. The third-order valence-corrected chi connectivity index (χ3v) is 12.0. The number of carbonyl (C=O) groups is 1. The van der Waals surface area contributed by atoms with Crippen LogP contribution in [0.5, 0.6) is 0 Å². The highest BCUT2D eigenvalue weighted by Gasteiger charge is 2.27. The summed E-state index contributed by atoms with van der Waals surface area (Å²) in [5, 5.41) is 23.7. The number of anilines is 6. The van der Waals surface area contributed by atoms with Gasteiger partial charge in [0.25, 0.3) is 0 Å². The van der Waals surface area contributed by atoms with Gasteiger partial charge in [0, 0.05) is 43.9 Å². The third-order valence-electron chi connectivity index (χ3n) is 11.0. The molecule has 0 spiro atoms. The summed E-state index contributed by atoms with van der Waals surface area (Å²) < 4.78 is 0. The molecule has 0 saturated carbocycles. The predicted octanol–water partition coefficient (Wildman–Crippen LogP) is 14.6. The Kier molecular flexibility index (Phi) is 9.34. The van der Waals surface area contributed by atoms with Crippen LogP contribution in [0.15, 0.2) is 200 Å². The zero-order valence-corrected chi connectivity index (χ0v) is 33.1. The first-order valence-electron chi connectivity index (χ1n) is 19.6. The number of fused-ring (bicyclic) bond motifs is 5. The van der Waals surface area contributed by atoms with Crippen molar-refractivity contribution in [3.05, 3.63) is 221 Å². The Morgan fingerprint density at radius 1 is 0.467 bits per heavy atom. The van der Waals surface area contributed by atoms with E-state index >= 15 is 0 Å². The summed E-state index contributed by atoms with van der Waals surface area (Å²) in [7, 11) is 0. The molecule has 6 heteroatoms. The zero-order valence-electron chi connectivity index (χ0n) is 32.2. The number of aliphatic carboxylic acids is 1. The molecule has 0 aliphatic heterocycles. The molecule has 1 aliphatic carbocycles. The van der Waals surface area contributed by atoms with E-state index < -0.39 is 5.97 Å². The van der Waals surface area contributed by atoms with E-state index in [2.05, 4.69) is 186 Å². The largest absolute Gasteiger partial charge is 0.477 e. The highest BCUT2D eigenvalue weighted by atomic mass is 32.1. The molecule has 1 aliphatic rings. The summed E-state index contributed by atoms with van der Waals surface area (Å²) in [5.74, 6) is -1.24. The summed E-state index contributed by atoms with van der Waals surface area (Å²) in [6.45, 7) is 0. The molecule has 9 aromatic rings. The minimum absolute atomic E-state index is 0.300. The molecule has 1 N–H and O–H groups in total. The highest BCUT2D eigenvalue weighted by molar-refractivity contribution is 7.13. The minimum atomic E-state index is -1.24. The Labute approximate surface area is 351 Å². The molecule has 0 bridgehead atoms. The molecule has 0 radical (unpaired) electrons. The second-order valence-electron chi connectivity index (χ2n) is 14.6. The predicted molar refractivity (Wildman–Crippen MR) is 249 cm³/mol. The maximum absolute atomic E-state index is 11.7. The molecule has 0 fully saturated rings. The van der Waals surface area contributed by atoms with Gasteiger partial charge in [-0.05, 0) is 146 Å². The maximum atomic E-state index is 11.7. The number of thiophene rings is 1. The monoisotopic (exact) mass is 789 g/mol. The van der Waals surface area contributed by atoms with Crippen molar-refractivity contribution in [2.24, 2.45) is 0 Å². The summed E-state index contributed by atoms with van der Waals surface area (Å²) in [6.07, 6.45) is 3.63. The molecular formula is C54H35N3O2S. The van der Waals surface area contributed by atoms with Crippen molar-refractivity contribution in [1.82, 2.24) is 0 Å². The second kappa shape index (κ2) is 15.4. The summed E-state index contributed by atoms with van der Waals surface area (Å²) in [5.41, 5.74) is 11.4. The van der Waals surface area contributed by atoms with Gasteiger partial charge in [-0.2, -0.15) is 5.26 Å². The Morgan fingerprint density at radius 2 is 0.900 bits per heavy atom. The topological polar surface area (TPSA) is 67.6 Å². The molecule has 1 heterocycles. The molecule has 284 valence electrons. The SMILES string of the molecule is N#CC(=Cc1ccc(C=C2c3cc(N(c4ccccc4)c4ccc5ccccc5c4)ccc3-c3ccc(N(c4ccccc4)c4ccc5ccccc5c4)cc32)s1)C(=O)O. The van der Waals surface area contributed by atoms with E-state index in [0.29, 0.717) is 4.88 Å². The maximum Gasteiger partial charge on any atom is 0.346 e. The van der Waals surface area contributed by atoms with Crippen LogP contribution in [0.3, 0.4) is 0 Å². The normalized spacial score (nSPS) is 11.8. The number of hydrogen-bond acceptors (Lipinski definition) is 5. The van der Waals surface area contributed by atoms with E-state index in [0.717, 1.165) is 77.6 Å². The van der Waals surface area contributed by atoms with Crippen LogP contribution in [-0.2, 0) is 4.79 Å². The number of nitrogens with zero attached hydrogens (tertiary/aromatic N) is 3. The van der Waals surface area contributed by atoms with Crippen LogP contribution in [0.1, 0.15) is 20.9 Å². The number of para-hydroxylation sites is 2. The van der Waals surface area contributed by atoms with Gasteiger partial charge in [-0.1, -0.05) is 109 Å². The van der Waals surface area contributed by atoms with Crippen LogP contribution in [0.4, 0.5) is 34.1 Å². The Hall–Kier alpha value is -7.98. The lowest BCUT2D eigenvalue weighted by atomic mass is 10.0. The molecule has 1 aromatic heterocycles. The van der Waals surface area contributed by atoms with Gasteiger partial charge < -0.3 is 14.9 Å². The fourth-order valence-corrected chi connectivity index (χ4v) is 9.09. The van der Waals surface area contributed by atoms with Crippen molar-refractivity contribution < 1.29 is 9.90 Å². The molecule has 8 aromatic carbocycles. The van der Waals surface area contributed by atoms with Crippen LogP contribution in [-0.4, -0.2) is 11.1 Å². The lowest BCUT2D eigenvalue weighted by molar-refractivity contribution is -0.132. The number of rotatable bonds is 9. The summed E-state index contributed by atoms with van der Waals surface area (Å²) in [6, 6.07) is 70.1. The van der Waals surface area contributed by atoms with Crippen molar-refractivity contribution in [3.63, 3.8) is 0 Å². The van der Waals surface area contributed by atoms with Crippen LogP contribution in [0.25, 0.3) is 50.4 Å². The first-order chi connectivity index (χ1) is 29.5. The van der Waals surface area contributed by atoms with Gasteiger partial charge in [0.2, 0.25) is 0 Å². The Balaban J connectivity index is 1.15. The van der Waals surface area contributed by atoms with Crippen molar-refractivity contribution in [1.29, 1.82) is 5.26 Å². The molecule has 0 unspecified atom stereocenters. The standard InChI is InChI=1S/C54H35N3O2S/c55-35-40(54(58)59)31-47-25-26-48(60-47)34-53-51-32-45(56(41-15-3-1-4-16-41)43-21-19-36-11-7-9-13-38(36)29-43)23-27-49(51)50-28-24-46(33-52(50)53)57(42-17-5-2-6-18-42)44-22-20-37-12-8-10-14-39(37)30-44/h1-34H,(H,58,59). The fraction of sp³-hybridized carbons (Fsp3) is 0. The fourth-order valence-electron chi connectivity index (χ4n) is 8.19. The Bertz CT molecular complexity index is 3040. The first kappa shape index (κ1) is 36.4. The molecule has 5 nitrogen and oxygen atoms in total. The van der Waals surface area contributed by atoms with E-state index in [-0.39, 0.29) is 5.57 Å². The molecule has 0 amide bonds. The molecular weight excluding hydrogens is 755 g/mol. The number of carboxylic acid groups (broad SMARTS) is 1. The summed E-state index contributed by atoms with van der Waals surface area (Å²) in [4.78, 5) is 17.9. The van der Waals surface area contributed by atoms with Gasteiger partial charge in [-0.15, -0.1) is 11.3 Å². The third kappa shape index (κ3) is 6.79. The van der Waals surface area contributed by atoms with Gasteiger partial charge in [0.15, 0.2) is 0 Å². The zero-order chi connectivity index (χ0) is 40.6. The first-order valence-corrected chi connectivity index (χ1v) is 20.5. The number of nitriles is 1. The van der Waals surface area contributed by atoms with E-state index in [1.807, 2.05) is 30.3 Å². The number of benzene rings is 8. The van der Waals surface area contributed by atoms with E-state index in [4.69, 9.17) is 0 Å². The number of carboxylic acids is 1. The lowest BCUT2D eigenvalue weighted by Gasteiger charge is -2.26. The number of hydrogen-bond donors (Lipinski definition) is 1. The molecule has 60 heavy (non-hydrogen) atoms. The minimum Gasteiger partial charge on any atom is -0.477 e. The van der Waals surface area contributed by atoms with E-state index in [9.17, 15) is 15.2 Å². The molecule has 0 atom stereocenters. The van der Waals surface area contributed by atoms with Crippen molar-refractivity contribution in [2.45, 2.75) is 0 Å². The Morgan fingerprint density at radius 3 is 1.38 bits per heavy atom. The lowest BCUT2D eigenvalue weighted by Crippen LogP contribution is -2.10. The van der Waals surface area contributed by atoms with Gasteiger partial charge in [0.1, 0.15) is 11.6 Å². The highest BCUT2D eigenvalue weighted by Crippen LogP contribution is 2.50. The van der Waals surface area contributed by atoms with Crippen LogP contribution >= 0.6 is 11.3 Å². The van der Waals surface area contributed by atoms with Crippen LogP contribution in [0, 0.1) is 11.3 Å². The average molecular weight is 790 g/mol. The van der Waals surface area contributed by atoms with E-state index in [1.165, 1.54) is 28.2 Å². The van der Waals surface area contributed by atoms with Gasteiger partial charge >= 0.3 is 5.97 Å². The van der Waals surface area contributed by atoms with Crippen LogP contribution < -0.4 is 9.80 Å². The smallest absolute Gasteiger partial charge is 0.346 e. The quantitative estimate of drug-likeness (QED) is 0.117. The second-order valence-corrected chi connectivity index (χ2v) is 15.8. The van der Waals surface area contributed by atoms with Crippen molar-refractivity contribution >= 4 is 90.7 Å². The van der Waals surface area contributed by atoms with Crippen molar-refractivity contribution in [3.8, 4) is 17.2 Å². The molecule has 10 rings (SSSR count). The van der Waals surface area contributed by atoms with E-state index in [1.54, 1.807) is 0 Å². The average Bonchev–Trinajstić information content (AvgIpc) is 3.87. The van der Waals surface area contributed by atoms with Crippen molar-refractivity contribution in [2.75, 3.05) is 9.80 Å².